The summed E-state index contributed by atoms with van der Waals surface area (Å²) in [5.41, 5.74) is -0.174. The Morgan fingerprint density at radius 2 is 2.06 bits per heavy atom. The van der Waals surface area contributed by atoms with E-state index in [4.69, 9.17) is 9.47 Å². The van der Waals surface area contributed by atoms with Crippen LogP contribution in [0.25, 0.3) is 0 Å². The van der Waals surface area contributed by atoms with Crippen molar-refractivity contribution in [3.05, 3.63) is 23.8 Å². The second kappa shape index (κ2) is 10.0. The number of ether oxygens (including phenoxy) is 2. The summed E-state index contributed by atoms with van der Waals surface area (Å²) in [6.07, 6.45) is -2.57. The lowest BCUT2D eigenvalue weighted by Gasteiger charge is -2.31. The van der Waals surface area contributed by atoms with Crippen LogP contribution in [0.1, 0.15) is 18.4 Å². The number of hydrogen-bond acceptors (Lipinski definition) is 8. The highest BCUT2D eigenvalue weighted by molar-refractivity contribution is 7.99. The number of amides is 1. The molecule has 1 N–H and O–H groups in total. The van der Waals surface area contributed by atoms with Crippen LogP contribution in [0.2, 0.25) is 0 Å². The van der Waals surface area contributed by atoms with E-state index in [1.54, 1.807) is 4.68 Å². The molecular weight excluding hydrogens is 449 g/mol. The van der Waals surface area contributed by atoms with Crippen molar-refractivity contribution in [2.24, 2.45) is 0 Å². The Bertz CT molecular complexity index is 929. The zero-order valence-electron chi connectivity index (χ0n) is 17.2. The highest BCUT2D eigenvalue weighted by Gasteiger charge is 2.32. The fraction of sp³-hybridized carbons (Fsp3) is 0.579. The molecule has 0 aliphatic carbocycles. The molecule has 0 spiro atoms. The molecule has 0 unspecified atom stereocenters. The van der Waals surface area contributed by atoms with Gasteiger partial charge in [-0.1, -0.05) is 11.8 Å². The topological polar surface area (TPSA) is 94.4 Å². The number of tetrazole rings is 1. The van der Waals surface area contributed by atoms with Crippen LogP contribution in [-0.2, 0) is 27.0 Å². The minimum Gasteiger partial charge on any atom is -0.378 e. The maximum Gasteiger partial charge on any atom is 0.416 e. The van der Waals surface area contributed by atoms with E-state index in [-0.39, 0.29) is 17.5 Å². The van der Waals surface area contributed by atoms with Gasteiger partial charge in [0.1, 0.15) is 0 Å². The summed E-state index contributed by atoms with van der Waals surface area (Å²) in [6, 6.07) is 3.38. The van der Waals surface area contributed by atoms with Gasteiger partial charge in [0.05, 0.1) is 48.6 Å². The predicted octanol–water partition coefficient (Wildman–Crippen LogP) is 2.44. The first kappa shape index (κ1) is 22.8. The van der Waals surface area contributed by atoms with Crippen LogP contribution in [-0.4, -0.2) is 70.9 Å². The first-order chi connectivity index (χ1) is 15.4. The van der Waals surface area contributed by atoms with E-state index >= 15 is 0 Å². The van der Waals surface area contributed by atoms with Gasteiger partial charge in [0.2, 0.25) is 11.1 Å². The number of nitrogens with one attached hydrogen (secondary N) is 1. The Kier molecular flexibility index (Phi) is 7.16. The molecule has 9 nitrogen and oxygen atoms in total. The average molecular weight is 472 g/mol. The zero-order valence-corrected chi connectivity index (χ0v) is 18.0. The summed E-state index contributed by atoms with van der Waals surface area (Å²) >= 11 is 1.12. The largest absolute Gasteiger partial charge is 0.416 e. The zero-order chi connectivity index (χ0) is 22.6. The van der Waals surface area contributed by atoms with Crippen molar-refractivity contribution in [2.75, 3.05) is 48.9 Å². The fourth-order valence-electron chi connectivity index (χ4n) is 3.60. The van der Waals surface area contributed by atoms with E-state index in [9.17, 15) is 18.0 Å². The lowest BCUT2D eigenvalue weighted by molar-refractivity contribution is -0.137. The van der Waals surface area contributed by atoms with Crippen LogP contribution in [0.15, 0.2) is 23.4 Å². The van der Waals surface area contributed by atoms with Crippen LogP contribution in [0, 0.1) is 0 Å². The van der Waals surface area contributed by atoms with Gasteiger partial charge in [0.15, 0.2) is 0 Å². The molecule has 0 bridgehead atoms. The van der Waals surface area contributed by atoms with Gasteiger partial charge in [-0.3, -0.25) is 4.79 Å². The third-order valence-electron chi connectivity index (χ3n) is 5.18. The summed E-state index contributed by atoms with van der Waals surface area (Å²) in [4.78, 5) is 14.5. The average Bonchev–Trinajstić information content (AvgIpc) is 3.45. The van der Waals surface area contributed by atoms with Crippen LogP contribution in [0.5, 0.6) is 0 Å². The van der Waals surface area contributed by atoms with Crippen molar-refractivity contribution in [1.29, 1.82) is 0 Å². The van der Waals surface area contributed by atoms with Crippen molar-refractivity contribution in [3.63, 3.8) is 0 Å². The summed E-state index contributed by atoms with van der Waals surface area (Å²) in [5, 5.41) is 14.6. The molecule has 1 amide bonds. The predicted molar refractivity (Wildman–Crippen MR) is 111 cm³/mol. The normalized spacial score (nSPS) is 19.3. The smallest absolute Gasteiger partial charge is 0.378 e. The van der Waals surface area contributed by atoms with E-state index in [1.807, 2.05) is 4.90 Å². The molecule has 2 aliphatic heterocycles. The quantitative estimate of drug-likeness (QED) is 0.615. The molecule has 174 valence electrons. The number of carbonyl (C=O) groups is 1. The minimum absolute atomic E-state index is 0.0351. The second-order valence-corrected chi connectivity index (χ2v) is 8.39. The fourth-order valence-corrected chi connectivity index (χ4v) is 4.29. The molecule has 1 aromatic heterocycles. The van der Waals surface area contributed by atoms with Crippen molar-refractivity contribution in [2.45, 2.75) is 36.8 Å². The molecule has 13 heteroatoms. The first-order valence-electron chi connectivity index (χ1n) is 10.2. The maximum atomic E-state index is 13.2. The van der Waals surface area contributed by atoms with Gasteiger partial charge in [-0.25, -0.2) is 4.68 Å². The standard InChI is InChI=1S/C19H23F3N6O3S/c20-19(21,22)13-3-4-16(27-5-8-30-9-6-27)15(10-13)23-17(29)12-32-18-24-25-26-28(18)11-14-2-1-7-31-14/h3-4,10,14H,1-2,5-9,11-12H2,(H,23,29)/t14-/m1/s1. The molecule has 2 saturated heterocycles. The van der Waals surface area contributed by atoms with Gasteiger partial charge in [-0.05, 0) is 41.5 Å². The summed E-state index contributed by atoms with van der Waals surface area (Å²) in [7, 11) is 0. The third kappa shape index (κ3) is 5.70. The number of halogens is 3. The van der Waals surface area contributed by atoms with Gasteiger partial charge in [0, 0.05) is 19.7 Å². The summed E-state index contributed by atoms with van der Waals surface area (Å²) in [5.74, 6) is -0.500. The van der Waals surface area contributed by atoms with E-state index < -0.39 is 17.6 Å². The van der Waals surface area contributed by atoms with Crippen molar-refractivity contribution in [3.8, 4) is 0 Å². The van der Waals surface area contributed by atoms with Gasteiger partial charge in [0.25, 0.3) is 0 Å². The van der Waals surface area contributed by atoms with E-state index in [2.05, 4.69) is 20.8 Å². The summed E-state index contributed by atoms with van der Waals surface area (Å²) < 4.78 is 52.2. The SMILES string of the molecule is O=C(CSc1nnnn1C[C@H]1CCCO1)Nc1cc(C(F)(F)F)ccc1N1CCOCC1. The number of morpholine rings is 1. The van der Waals surface area contributed by atoms with Crippen LogP contribution in [0.4, 0.5) is 24.5 Å². The second-order valence-electron chi connectivity index (χ2n) is 7.44. The number of nitrogens with zero attached hydrogens (tertiary/aromatic N) is 5. The molecule has 0 saturated carbocycles. The summed E-state index contributed by atoms with van der Waals surface area (Å²) in [6.45, 7) is 3.20. The van der Waals surface area contributed by atoms with Gasteiger partial charge in [-0.2, -0.15) is 13.2 Å². The number of aromatic nitrogens is 4. The molecule has 3 heterocycles. The van der Waals surface area contributed by atoms with E-state index in [0.717, 1.165) is 36.7 Å². The number of alkyl halides is 3. The molecule has 2 aliphatic rings. The highest BCUT2D eigenvalue weighted by Crippen LogP contribution is 2.36. The lowest BCUT2D eigenvalue weighted by Crippen LogP contribution is -2.37. The maximum absolute atomic E-state index is 13.2. The molecule has 32 heavy (non-hydrogen) atoms. The Morgan fingerprint density at radius 1 is 1.25 bits per heavy atom. The molecule has 2 fully saturated rings. The van der Waals surface area contributed by atoms with Crippen LogP contribution < -0.4 is 10.2 Å². The molecular formula is C19H23F3N6O3S. The molecule has 4 rings (SSSR count). The number of benzene rings is 1. The Hall–Kier alpha value is -2.38. The number of hydrogen-bond donors (Lipinski definition) is 1. The Labute approximate surface area is 186 Å². The van der Waals surface area contributed by atoms with Gasteiger partial charge in [-0.15, -0.1) is 5.10 Å². The molecule has 0 radical (unpaired) electrons. The third-order valence-corrected chi connectivity index (χ3v) is 6.14. The Balaban J connectivity index is 1.43. The number of carbonyl (C=O) groups excluding carboxylic acids is 1. The monoisotopic (exact) mass is 472 g/mol. The van der Waals surface area contributed by atoms with Crippen molar-refractivity contribution in [1.82, 2.24) is 20.2 Å². The van der Waals surface area contributed by atoms with E-state index in [0.29, 0.717) is 50.3 Å². The molecule has 2 aromatic rings. The number of rotatable bonds is 7. The van der Waals surface area contributed by atoms with Crippen LogP contribution in [0.3, 0.4) is 0 Å². The number of anilines is 2. The molecule has 1 atom stereocenters. The first-order valence-corrected chi connectivity index (χ1v) is 11.2. The molecule has 1 aromatic carbocycles. The Morgan fingerprint density at radius 3 is 2.78 bits per heavy atom. The van der Waals surface area contributed by atoms with E-state index in [1.165, 1.54) is 6.07 Å². The minimum atomic E-state index is -4.51. The highest BCUT2D eigenvalue weighted by atomic mass is 32.2. The van der Waals surface area contributed by atoms with Gasteiger partial charge < -0.3 is 19.7 Å². The van der Waals surface area contributed by atoms with Crippen molar-refractivity contribution < 1.29 is 27.4 Å². The van der Waals surface area contributed by atoms with Gasteiger partial charge >= 0.3 is 6.18 Å². The van der Waals surface area contributed by atoms with Crippen LogP contribution >= 0.6 is 11.8 Å². The van der Waals surface area contributed by atoms with Crippen molar-refractivity contribution >= 4 is 29.0 Å². The number of thioether (sulfide) groups is 1. The lowest BCUT2D eigenvalue weighted by atomic mass is 10.1.